The van der Waals surface area contributed by atoms with E-state index in [9.17, 15) is 4.79 Å². The molecule has 1 amide bonds. The van der Waals surface area contributed by atoms with E-state index in [1.54, 1.807) is 0 Å². The fraction of sp³-hybridized carbons (Fsp3) is 0.900. The third-order valence-corrected chi connectivity index (χ3v) is 3.65. The minimum Gasteiger partial charge on any atom is -0.370 e. The van der Waals surface area contributed by atoms with Gasteiger partial charge in [-0.05, 0) is 18.3 Å². The molecule has 4 N–H and O–H groups in total. The Hall–Kier alpha value is -0.650. The Morgan fingerprint density at radius 1 is 1.27 bits per heavy atom. The summed E-state index contributed by atoms with van der Waals surface area (Å²) in [4.78, 5) is 12.9. The Balaban J connectivity index is 1.70. The fourth-order valence-corrected chi connectivity index (χ4v) is 2.64. The van der Waals surface area contributed by atoms with Crippen molar-refractivity contribution in [3.8, 4) is 0 Å². The van der Waals surface area contributed by atoms with Crippen LogP contribution in [0.1, 0.15) is 19.3 Å². The molecule has 2 aliphatic heterocycles. The molecule has 0 aromatic heterocycles. The molecule has 0 atom stereocenters. The Morgan fingerprint density at radius 3 is 2.40 bits per heavy atom. The van der Waals surface area contributed by atoms with Crippen LogP contribution in [0, 0.1) is 5.41 Å². The molecule has 0 bridgehead atoms. The van der Waals surface area contributed by atoms with Gasteiger partial charge in [-0.2, -0.15) is 0 Å². The van der Waals surface area contributed by atoms with Crippen LogP contribution < -0.4 is 11.6 Å². The van der Waals surface area contributed by atoms with Crippen LogP contribution >= 0.6 is 0 Å². The first-order valence-corrected chi connectivity index (χ1v) is 5.60. The van der Waals surface area contributed by atoms with Crippen molar-refractivity contribution in [2.45, 2.75) is 19.3 Å². The van der Waals surface area contributed by atoms with Crippen LogP contribution in [0.2, 0.25) is 0 Å². The molecule has 1 spiro atoms. The van der Waals surface area contributed by atoms with Crippen molar-refractivity contribution in [3.63, 3.8) is 0 Å². The van der Waals surface area contributed by atoms with Crippen molar-refractivity contribution in [1.29, 1.82) is 0 Å². The van der Waals surface area contributed by atoms with E-state index in [-0.39, 0.29) is 5.91 Å². The molecule has 0 saturated carbocycles. The minimum absolute atomic E-state index is 0.201. The molecule has 2 aliphatic rings. The van der Waals surface area contributed by atoms with Crippen LogP contribution in [-0.4, -0.2) is 48.5 Å². The third-order valence-electron chi connectivity index (χ3n) is 3.65. The monoisotopic (exact) mass is 212 g/mol. The number of nitrogens with zero attached hydrogens (tertiary/aromatic N) is 2. The Kier molecular flexibility index (Phi) is 2.95. The molecule has 2 rings (SSSR count). The molecule has 0 aliphatic carbocycles. The topological polar surface area (TPSA) is 75.6 Å². The number of likely N-dealkylation sites (tertiary alicyclic amines) is 1. The van der Waals surface area contributed by atoms with E-state index < -0.39 is 0 Å². The summed E-state index contributed by atoms with van der Waals surface area (Å²) in [6, 6.07) is 0. The maximum absolute atomic E-state index is 10.6. The van der Waals surface area contributed by atoms with E-state index >= 15 is 0 Å². The number of hydrogen-bond donors (Lipinski definition) is 2. The second-order valence-corrected chi connectivity index (χ2v) is 4.96. The van der Waals surface area contributed by atoms with Crippen molar-refractivity contribution in [3.05, 3.63) is 0 Å². The number of hydrogen-bond acceptors (Lipinski definition) is 4. The van der Waals surface area contributed by atoms with Crippen molar-refractivity contribution < 1.29 is 4.79 Å². The van der Waals surface area contributed by atoms with Gasteiger partial charge in [0.15, 0.2) is 0 Å². The van der Waals surface area contributed by atoms with Crippen LogP contribution in [0.3, 0.4) is 0 Å². The average Bonchev–Trinajstić information content (AvgIpc) is 2.14. The predicted molar refractivity (Wildman–Crippen MR) is 57.7 cm³/mol. The van der Waals surface area contributed by atoms with Crippen molar-refractivity contribution in [2.75, 3.05) is 32.7 Å². The standard InChI is InChI=1S/C10H20N4O/c11-9(15)1-4-13-7-10(8-13)2-5-14(12)6-3-10/h1-8,12H2,(H2,11,15). The lowest BCUT2D eigenvalue weighted by molar-refractivity contribution is -0.119. The van der Waals surface area contributed by atoms with Gasteiger partial charge in [-0.3, -0.25) is 10.6 Å². The maximum Gasteiger partial charge on any atom is 0.218 e. The summed E-state index contributed by atoms with van der Waals surface area (Å²) < 4.78 is 0. The van der Waals surface area contributed by atoms with Crippen molar-refractivity contribution >= 4 is 5.91 Å². The smallest absolute Gasteiger partial charge is 0.218 e. The van der Waals surface area contributed by atoms with Crippen LogP contribution in [0.4, 0.5) is 0 Å². The van der Waals surface area contributed by atoms with Gasteiger partial charge in [0.25, 0.3) is 0 Å². The zero-order valence-electron chi connectivity index (χ0n) is 9.11. The summed E-state index contributed by atoms with van der Waals surface area (Å²) in [7, 11) is 0. The van der Waals surface area contributed by atoms with Crippen LogP contribution in [0.25, 0.3) is 0 Å². The van der Waals surface area contributed by atoms with Gasteiger partial charge in [0, 0.05) is 39.1 Å². The highest BCUT2D eigenvalue weighted by atomic mass is 16.1. The van der Waals surface area contributed by atoms with E-state index in [0.29, 0.717) is 11.8 Å². The molecular formula is C10H20N4O. The van der Waals surface area contributed by atoms with E-state index in [0.717, 1.165) is 32.7 Å². The highest BCUT2D eigenvalue weighted by molar-refractivity contribution is 5.73. The Labute approximate surface area is 90.3 Å². The molecule has 2 heterocycles. The van der Waals surface area contributed by atoms with E-state index in [1.807, 2.05) is 5.01 Å². The fourth-order valence-electron chi connectivity index (χ4n) is 2.64. The number of carbonyl (C=O) groups excluding carboxylic acids is 1. The van der Waals surface area contributed by atoms with Gasteiger partial charge in [0.2, 0.25) is 5.91 Å². The number of hydrazine groups is 1. The van der Waals surface area contributed by atoms with Crippen molar-refractivity contribution in [1.82, 2.24) is 9.91 Å². The van der Waals surface area contributed by atoms with Gasteiger partial charge < -0.3 is 10.6 Å². The number of amides is 1. The molecule has 86 valence electrons. The quantitative estimate of drug-likeness (QED) is 0.597. The number of carbonyl (C=O) groups is 1. The molecule has 5 nitrogen and oxygen atoms in total. The Bertz CT molecular complexity index is 240. The number of piperidine rings is 1. The highest BCUT2D eigenvalue weighted by Crippen LogP contribution is 2.39. The van der Waals surface area contributed by atoms with Crippen molar-refractivity contribution in [2.24, 2.45) is 17.0 Å². The zero-order chi connectivity index (χ0) is 10.9. The van der Waals surface area contributed by atoms with Gasteiger partial charge in [-0.1, -0.05) is 0 Å². The zero-order valence-corrected chi connectivity index (χ0v) is 9.11. The second-order valence-electron chi connectivity index (χ2n) is 4.96. The molecule has 15 heavy (non-hydrogen) atoms. The normalized spacial score (nSPS) is 26.5. The average molecular weight is 212 g/mol. The summed E-state index contributed by atoms with van der Waals surface area (Å²) in [5.41, 5.74) is 5.61. The largest absolute Gasteiger partial charge is 0.370 e. The van der Waals surface area contributed by atoms with E-state index in [2.05, 4.69) is 4.90 Å². The van der Waals surface area contributed by atoms with E-state index in [4.69, 9.17) is 11.6 Å². The second kappa shape index (κ2) is 4.08. The summed E-state index contributed by atoms with van der Waals surface area (Å²) in [6.07, 6.45) is 2.87. The summed E-state index contributed by atoms with van der Waals surface area (Å²) in [5, 5.41) is 1.90. The van der Waals surface area contributed by atoms with E-state index in [1.165, 1.54) is 12.8 Å². The summed E-state index contributed by atoms with van der Waals surface area (Å²) in [6.45, 7) is 5.07. The summed E-state index contributed by atoms with van der Waals surface area (Å²) >= 11 is 0. The molecular weight excluding hydrogens is 192 g/mol. The highest BCUT2D eigenvalue weighted by Gasteiger charge is 2.43. The van der Waals surface area contributed by atoms with Gasteiger partial charge in [0.05, 0.1) is 0 Å². The molecule has 2 fully saturated rings. The molecule has 0 radical (unpaired) electrons. The van der Waals surface area contributed by atoms with Crippen LogP contribution in [-0.2, 0) is 4.79 Å². The van der Waals surface area contributed by atoms with Gasteiger partial charge in [-0.15, -0.1) is 0 Å². The Morgan fingerprint density at radius 2 is 1.87 bits per heavy atom. The third kappa shape index (κ3) is 2.48. The lowest BCUT2D eigenvalue weighted by Gasteiger charge is -2.53. The maximum atomic E-state index is 10.6. The first kappa shape index (κ1) is 10.9. The van der Waals surface area contributed by atoms with Crippen LogP contribution in [0.15, 0.2) is 0 Å². The SMILES string of the molecule is NC(=O)CCN1CC2(CCN(N)CC2)C1. The molecule has 0 unspecified atom stereocenters. The van der Waals surface area contributed by atoms with Gasteiger partial charge >= 0.3 is 0 Å². The number of primary amides is 1. The number of rotatable bonds is 3. The van der Waals surface area contributed by atoms with Gasteiger partial charge in [0.1, 0.15) is 0 Å². The summed E-state index contributed by atoms with van der Waals surface area (Å²) in [5.74, 6) is 5.53. The first-order valence-electron chi connectivity index (χ1n) is 5.60. The number of nitrogens with two attached hydrogens (primary N) is 2. The van der Waals surface area contributed by atoms with Gasteiger partial charge in [-0.25, -0.2) is 5.01 Å². The molecule has 2 saturated heterocycles. The molecule has 5 heteroatoms. The molecule has 0 aromatic carbocycles. The predicted octanol–water partition coefficient (Wildman–Crippen LogP) is -0.867. The van der Waals surface area contributed by atoms with Crippen LogP contribution in [0.5, 0.6) is 0 Å². The lowest BCUT2D eigenvalue weighted by atomic mass is 9.72. The lowest BCUT2D eigenvalue weighted by Crippen LogP contribution is -2.61. The first-order chi connectivity index (χ1) is 7.10. The molecule has 0 aromatic rings. The minimum atomic E-state index is -0.201.